The van der Waals surface area contributed by atoms with E-state index in [1.807, 2.05) is 6.07 Å². The van der Waals surface area contributed by atoms with Gasteiger partial charge in [-0.2, -0.15) is 0 Å². The molecule has 0 saturated heterocycles. The van der Waals surface area contributed by atoms with Gasteiger partial charge in [-0.15, -0.1) is 0 Å². The second-order valence-corrected chi connectivity index (χ2v) is 6.55. The van der Waals surface area contributed by atoms with E-state index in [0.29, 0.717) is 25.1 Å². The summed E-state index contributed by atoms with van der Waals surface area (Å²) < 4.78 is 5.84. The monoisotopic (exact) mass is 291 g/mol. The van der Waals surface area contributed by atoms with Crippen LogP contribution in [-0.2, 0) is 0 Å². The molecule has 3 nitrogen and oxygen atoms in total. The van der Waals surface area contributed by atoms with Crippen molar-refractivity contribution in [2.24, 2.45) is 0 Å². The van der Waals surface area contributed by atoms with Gasteiger partial charge in [-0.1, -0.05) is 44.4 Å². The molecular formula is C18H29NO2. The van der Waals surface area contributed by atoms with Crippen molar-refractivity contribution >= 4 is 0 Å². The maximum Gasteiger partial charge on any atom is 0.122 e. The maximum absolute atomic E-state index is 10.1. The van der Waals surface area contributed by atoms with E-state index in [-0.39, 0.29) is 0 Å². The van der Waals surface area contributed by atoms with Gasteiger partial charge in [0.15, 0.2) is 0 Å². The summed E-state index contributed by atoms with van der Waals surface area (Å²) >= 11 is 0. The fourth-order valence-corrected chi connectivity index (χ4v) is 2.93. The highest BCUT2D eigenvalue weighted by Gasteiger charge is 2.16. The Bertz CT molecular complexity index is 439. The molecule has 0 radical (unpaired) electrons. The Kier molecular flexibility index (Phi) is 6.07. The van der Waals surface area contributed by atoms with E-state index in [0.717, 1.165) is 5.75 Å². The maximum atomic E-state index is 10.1. The highest BCUT2D eigenvalue weighted by atomic mass is 16.5. The van der Waals surface area contributed by atoms with E-state index in [1.54, 1.807) is 0 Å². The minimum Gasteiger partial charge on any atom is -0.491 e. The molecule has 1 atom stereocenters. The number of benzene rings is 1. The van der Waals surface area contributed by atoms with Crippen molar-refractivity contribution in [1.82, 2.24) is 5.32 Å². The Hall–Kier alpha value is -1.06. The van der Waals surface area contributed by atoms with Gasteiger partial charge >= 0.3 is 0 Å². The molecular weight excluding hydrogens is 262 g/mol. The van der Waals surface area contributed by atoms with Crippen LogP contribution in [0.1, 0.15) is 56.6 Å². The molecule has 0 aromatic heterocycles. The molecule has 0 amide bonds. The summed E-state index contributed by atoms with van der Waals surface area (Å²) in [6.45, 7) is 7.39. The number of aryl methyl sites for hydroxylation is 1. The van der Waals surface area contributed by atoms with Gasteiger partial charge in [-0.25, -0.2) is 0 Å². The van der Waals surface area contributed by atoms with E-state index in [9.17, 15) is 5.11 Å². The number of aliphatic hydroxyl groups is 1. The van der Waals surface area contributed by atoms with Crippen LogP contribution in [0.2, 0.25) is 0 Å². The molecule has 1 aliphatic rings. The Morgan fingerprint density at radius 3 is 2.67 bits per heavy atom. The molecule has 3 heteroatoms. The molecule has 1 aromatic carbocycles. The molecule has 2 rings (SSSR count). The zero-order valence-electron chi connectivity index (χ0n) is 13.6. The van der Waals surface area contributed by atoms with Crippen LogP contribution in [0.25, 0.3) is 0 Å². The molecule has 1 aromatic rings. The minimum atomic E-state index is -0.452. The van der Waals surface area contributed by atoms with Gasteiger partial charge in [-0.3, -0.25) is 0 Å². The summed E-state index contributed by atoms with van der Waals surface area (Å²) in [4.78, 5) is 0. The summed E-state index contributed by atoms with van der Waals surface area (Å²) in [6, 6.07) is 6.83. The first-order valence-corrected chi connectivity index (χ1v) is 8.21. The van der Waals surface area contributed by atoms with Crippen LogP contribution >= 0.6 is 0 Å². The van der Waals surface area contributed by atoms with Crippen molar-refractivity contribution < 1.29 is 9.84 Å². The fraction of sp³-hybridized carbons (Fsp3) is 0.667. The average Bonchev–Trinajstić information content (AvgIpc) is 2.97. The molecule has 118 valence electrons. The molecule has 0 spiro atoms. The predicted molar refractivity (Wildman–Crippen MR) is 87.0 cm³/mol. The Morgan fingerprint density at radius 1 is 1.29 bits per heavy atom. The number of hydrogen-bond acceptors (Lipinski definition) is 3. The van der Waals surface area contributed by atoms with E-state index < -0.39 is 6.10 Å². The smallest absolute Gasteiger partial charge is 0.122 e. The summed E-state index contributed by atoms with van der Waals surface area (Å²) in [7, 11) is 0. The van der Waals surface area contributed by atoms with Crippen LogP contribution in [0.4, 0.5) is 0 Å². The Labute approximate surface area is 128 Å². The number of rotatable bonds is 7. The molecule has 1 saturated carbocycles. The van der Waals surface area contributed by atoms with Crippen LogP contribution in [0.15, 0.2) is 18.2 Å². The zero-order chi connectivity index (χ0) is 15.2. The van der Waals surface area contributed by atoms with Crippen LogP contribution in [-0.4, -0.2) is 30.4 Å². The van der Waals surface area contributed by atoms with Crippen molar-refractivity contribution in [2.75, 3.05) is 13.2 Å². The third kappa shape index (κ3) is 5.01. The number of hydrogen-bond donors (Lipinski definition) is 2. The zero-order valence-corrected chi connectivity index (χ0v) is 13.6. The fourth-order valence-electron chi connectivity index (χ4n) is 2.93. The molecule has 1 unspecified atom stereocenters. The summed E-state index contributed by atoms with van der Waals surface area (Å²) in [6.07, 6.45) is 4.65. The highest BCUT2D eigenvalue weighted by molar-refractivity contribution is 5.38. The van der Waals surface area contributed by atoms with Gasteiger partial charge in [0.2, 0.25) is 0 Å². The van der Waals surface area contributed by atoms with Crippen LogP contribution < -0.4 is 10.1 Å². The summed E-state index contributed by atoms with van der Waals surface area (Å²) in [5.41, 5.74) is 2.46. The van der Waals surface area contributed by atoms with Crippen LogP contribution in [0.3, 0.4) is 0 Å². The summed E-state index contributed by atoms with van der Waals surface area (Å²) in [5, 5.41) is 13.5. The predicted octanol–water partition coefficient (Wildman–Crippen LogP) is 3.39. The van der Waals surface area contributed by atoms with E-state index in [1.165, 1.54) is 36.8 Å². The molecule has 1 fully saturated rings. The van der Waals surface area contributed by atoms with E-state index >= 15 is 0 Å². The number of ether oxygens (including phenoxy) is 1. The van der Waals surface area contributed by atoms with Crippen molar-refractivity contribution in [3.63, 3.8) is 0 Å². The molecule has 1 aliphatic carbocycles. The normalized spacial score (nSPS) is 17.4. The lowest BCUT2D eigenvalue weighted by Crippen LogP contribution is -2.36. The number of aliphatic hydroxyl groups excluding tert-OH is 1. The molecule has 0 aliphatic heterocycles. The van der Waals surface area contributed by atoms with Crippen molar-refractivity contribution in [2.45, 2.75) is 64.5 Å². The van der Waals surface area contributed by atoms with Gasteiger partial charge < -0.3 is 15.2 Å². The van der Waals surface area contributed by atoms with E-state index in [2.05, 4.69) is 38.2 Å². The topological polar surface area (TPSA) is 41.5 Å². The van der Waals surface area contributed by atoms with Gasteiger partial charge in [0.25, 0.3) is 0 Å². The molecule has 0 heterocycles. The second kappa shape index (κ2) is 7.81. The first kappa shape index (κ1) is 16.3. The van der Waals surface area contributed by atoms with Crippen molar-refractivity contribution in [3.05, 3.63) is 29.3 Å². The van der Waals surface area contributed by atoms with E-state index in [4.69, 9.17) is 4.74 Å². The third-order valence-corrected chi connectivity index (χ3v) is 4.22. The molecule has 2 N–H and O–H groups in total. The summed E-state index contributed by atoms with van der Waals surface area (Å²) in [5.74, 6) is 1.32. The minimum absolute atomic E-state index is 0.350. The van der Waals surface area contributed by atoms with Crippen molar-refractivity contribution in [3.8, 4) is 5.75 Å². The first-order chi connectivity index (χ1) is 10.1. The lowest BCUT2D eigenvalue weighted by Gasteiger charge is -2.19. The first-order valence-electron chi connectivity index (χ1n) is 8.21. The van der Waals surface area contributed by atoms with Gasteiger partial charge in [-0.05, 0) is 37.3 Å². The second-order valence-electron chi connectivity index (χ2n) is 6.55. The van der Waals surface area contributed by atoms with Crippen LogP contribution in [0, 0.1) is 6.92 Å². The quantitative estimate of drug-likeness (QED) is 0.809. The highest BCUT2D eigenvalue weighted by Crippen LogP contribution is 2.27. The Morgan fingerprint density at radius 2 is 2.00 bits per heavy atom. The van der Waals surface area contributed by atoms with Crippen LogP contribution in [0.5, 0.6) is 5.75 Å². The molecule has 0 bridgehead atoms. The third-order valence-electron chi connectivity index (χ3n) is 4.22. The van der Waals surface area contributed by atoms with Gasteiger partial charge in [0, 0.05) is 12.6 Å². The average molecular weight is 291 g/mol. The lowest BCUT2D eigenvalue weighted by atomic mass is 10.00. The molecule has 21 heavy (non-hydrogen) atoms. The standard InChI is InChI=1S/C18H29NO2/c1-13(2)17-10-14(3)8-9-18(17)21-12-16(20)11-19-15-6-4-5-7-15/h8-10,13,15-16,19-20H,4-7,11-12H2,1-3H3. The largest absolute Gasteiger partial charge is 0.491 e. The number of nitrogens with one attached hydrogen (secondary N) is 1. The van der Waals surface area contributed by atoms with Gasteiger partial charge in [0.05, 0.1) is 0 Å². The Balaban J connectivity index is 1.81. The van der Waals surface area contributed by atoms with Crippen molar-refractivity contribution in [1.29, 1.82) is 0 Å². The SMILES string of the molecule is Cc1ccc(OCC(O)CNC2CCCC2)c(C(C)C)c1. The van der Waals surface area contributed by atoms with Gasteiger partial charge in [0.1, 0.15) is 18.5 Å². The lowest BCUT2D eigenvalue weighted by molar-refractivity contribution is 0.103.